The maximum Gasteiger partial charge on any atom is 0.323 e. The minimum Gasteiger partial charge on any atom is -0.461 e. The number of nitrogens with zero attached hydrogens (tertiary/aromatic N) is 3. The first-order chi connectivity index (χ1) is 8.42. The highest BCUT2D eigenvalue weighted by Gasteiger charge is 2.15. The second-order valence-electron chi connectivity index (χ2n) is 4.64. The topological polar surface area (TPSA) is 106 Å². The van der Waals surface area contributed by atoms with Crippen LogP contribution in [0.3, 0.4) is 0 Å². The van der Waals surface area contributed by atoms with Crippen LogP contribution < -0.4 is 15.8 Å². The summed E-state index contributed by atoms with van der Waals surface area (Å²) in [5.41, 5.74) is 5.58. The molecule has 4 N–H and O–H groups in total. The zero-order valence-corrected chi connectivity index (χ0v) is 11.2. The largest absolute Gasteiger partial charge is 0.461 e. The van der Waals surface area contributed by atoms with Crippen LogP contribution in [0.2, 0.25) is 0 Å². The number of nitrogen functional groups attached to an aromatic ring is 1. The molecule has 0 saturated heterocycles. The van der Waals surface area contributed by atoms with Gasteiger partial charge in [0.1, 0.15) is 0 Å². The van der Waals surface area contributed by atoms with E-state index in [1.54, 1.807) is 0 Å². The summed E-state index contributed by atoms with van der Waals surface area (Å²) in [4.78, 5) is 11.9. The maximum atomic E-state index is 9.25. The van der Waals surface area contributed by atoms with Crippen molar-refractivity contribution < 1.29 is 9.84 Å². The number of anilines is 2. The van der Waals surface area contributed by atoms with E-state index in [0.717, 1.165) is 0 Å². The third-order valence-corrected chi connectivity index (χ3v) is 2.29. The number of aromatic nitrogens is 3. The summed E-state index contributed by atoms with van der Waals surface area (Å²) in [6.07, 6.45) is -0.0432. The number of nitrogens with one attached hydrogen (secondary N) is 1. The monoisotopic (exact) mass is 255 g/mol. The molecule has 1 aromatic rings. The van der Waals surface area contributed by atoms with Gasteiger partial charge in [0.25, 0.3) is 0 Å². The van der Waals surface area contributed by atoms with Gasteiger partial charge in [0, 0.05) is 0 Å². The molecule has 0 aliphatic rings. The fourth-order valence-electron chi connectivity index (χ4n) is 1.29. The van der Waals surface area contributed by atoms with Crippen molar-refractivity contribution in [1.29, 1.82) is 0 Å². The van der Waals surface area contributed by atoms with E-state index in [1.807, 2.05) is 27.7 Å². The molecule has 0 radical (unpaired) electrons. The minimum atomic E-state index is -0.140. The molecule has 102 valence electrons. The van der Waals surface area contributed by atoms with Crippen molar-refractivity contribution in [3.8, 4) is 6.01 Å². The Bertz CT molecular complexity index is 384. The number of rotatable bonds is 6. The highest BCUT2D eigenvalue weighted by atomic mass is 16.5. The van der Waals surface area contributed by atoms with Crippen molar-refractivity contribution in [1.82, 2.24) is 15.0 Å². The predicted octanol–water partition coefficient (Wildman–Crippen LogP) is 0.670. The summed E-state index contributed by atoms with van der Waals surface area (Å²) in [7, 11) is 0. The second-order valence-corrected chi connectivity index (χ2v) is 4.64. The van der Waals surface area contributed by atoms with E-state index in [0.29, 0.717) is 5.95 Å². The molecule has 0 bridgehead atoms. The van der Waals surface area contributed by atoms with Gasteiger partial charge in [-0.15, -0.1) is 0 Å². The normalized spacial score (nSPS) is 12.8. The van der Waals surface area contributed by atoms with E-state index in [2.05, 4.69) is 20.3 Å². The van der Waals surface area contributed by atoms with Gasteiger partial charge in [-0.05, 0) is 19.8 Å². The number of ether oxygens (including phenoxy) is 1. The van der Waals surface area contributed by atoms with Crippen LogP contribution in [0.4, 0.5) is 11.9 Å². The molecule has 7 heteroatoms. The number of nitrogens with two attached hydrogens (primary N) is 1. The van der Waals surface area contributed by atoms with E-state index in [1.165, 1.54) is 0 Å². The Morgan fingerprint density at radius 3 is 2.39 bits per heavy atom. The van der Waals surface area contributed by atoms with Crippen LogP contribution in [0.15, 0.2) is 0 Å². The SMILES string of the molecule is CC(C)Oc1nc(N)nc(N[C@H](CO)C(C)C)n1. The van der Waals surface area contributed by atoms with Crippen LogP contribution in [-0.4, -0.2) is 38.8 Å². The summed E-state index contributed by atoms with van der Waals surface area (Å²) in [5, 5.41) is 12.3. The molecule has 0 saturated carbocycles. The zero-order chi connectivity index (χ0) is 13.7. The number of hydrogen-bond donors (Lipinski definition) is 3. The van der Waals surface area contributed by atoms with Gasteiger partial charge in [-0.2, -0.15) is 15.0 Å². The lowest BCUT2D eigenvalue weighted by molar-refractivity contribution is 0.221. The average Bonchev–Trinajstić information content (AvgIpc) is 2.23. The zero-order valence-electron chi connectivity index (χ0n) is 11.2. The highest BCUT2D eigenvalue weighted by molar-refractivity contribution is 5.33. The molecule has 18 heavy (non-hydrogen) atoms. The smallest absolute Gasteiger partial charge is 0.323 e. The van der Waals surface area contributed by atoms with E-state index in [4.69, 9.17) is 10.5 Å². The van der Waals surface area contributed by atoms with Crippen LogP contribution in [0.1, 0.15) is 27.7 Å². The van der Waals surface area contributed by atoms with E-state index in [9.17, 15) is 5.11 Å². The van der Waals surface area contributed by atoms with Crippen LogP contribution in [0.5, 0.6) is 6.01 Å². The van der Waals surface area contributed by atoms with E-state index >= 15 is 0 Å². The molecule has 7 nitrogen and oxygen atoms in total. The molecule has 0 aromatic carbocycles. The Hall–Kier alpha value is -1.63. The molecule has 0 fully saturated rings. The lowest BCUT2D eigenvalue weighted by Gasteiger charge is -2.20. The lowest BCUT2D eigenvalue weighted by Crippen LogP contribution is -2.30. The molecule has 1 atom stereocenters. The fourth-order valence-corrected chi connectivity index (χ4v) is 1.29. The summed E-state index contributed by atoms with van der Waals surface area (Å²) >= 11 is 0. The number of hydrogen-bond acceptors (Lipinski definition) is 7. The first kappa shape index (κ1) is 14.4. The Labute approximate surface area is 107 Å². The van der Waals surface area contributed by atoms with Gasteiger partial charge in [-0.3, -0.25) is 0 Å². The van der Waals surface area contributed by atoms with Crippen LogP contribution in [0, 0.1) is 5.92 Å². The molecule has 0 aliphatic carbocycles. The molecular weight excluding hydrogens is 234 g/mol. The second kappa shape index (κ2) is 6.34. The fraction of sp³-hybridized carbons (Fsp3) is 0.727. The van der Waals surface area contributed by atoms with Crippen molar-refractivity contribution >= 4 is 11.9 Å². The quantitative estimate of drug-likeness (QED) is 0.685. The van der Waals surface area contributed by atoms with E-state index in [-0.39, 0.29) is 36.6 Å². The number of aliphatic hydroxyl groups excluding tert-OH is 1. The molecular formula is C11H21N5O2. The van der Waals surface area contributed by atoms with Gasteiger partial charge >= 0.3 is 6.01 Å². The summed E-state index contributed by atoms with van der Waals surface area (Å²) in [6.45, 7) is 7.72. The predicted molar refractivity (Wildman–Crippen MR) is 69.3 cm³/mol. The van der Waals surface area contributed by atoms with Gasteiger partial charge < -0.3 is 20.9 Å². The van der Waals surface area contributed by atoms with Crippen molar-refractivity contribution in [3.05, 3.63) is 0 Å². The van der Waals surface area contributed by atoms with Gasteiger partial charge in [0.15, 0.2) is 0 Å². The summed E-state index contributed by atoms with van der Waals surface area (Å²) in [5.74, 6) is 0.636. The lowest BCUT2D eigenvalue weighted by atomic mass is 10.1. The van der Waals surface area contributed by atoms with Crippen LogP contribution in [-0.2, 0) is 0 Å². The summed E-state index contributed by atoms with van der Waals surface area (Å²) < 4.78 is 5.37. The molecule has 0 spiro atoms. The molecule has 0 amide bonds. The maximum absolute atomic E-state index is 9.25. The Morgan fingerprint density at radius 1 is 1.22 bits per heavy atom. The third-order valence-electron chi connectivity index (χ3n) is 2.29. The van der Waals surface area contributed by atoms with E-state index < -0.39 is 0 Å². The van der Waals surface area contributed by atoms with Crippen molar-refractivity contribution in [2.45, 2.75) is 39.8 Å². The van der Waals surface area contributed by atoms with Gasteiger partial charge in [-0.1, -0.05) is 13.8 Å². The number of aliphatic hydroxyl groups is 1. The van der Waals surface area contributed by atoms with Crippen molar-refractivity contribution in [2.75, 3.05) is 17.7 Å². The molecule has 0 aliphatic heterocycles. The Morgan fingerprint density at radius 2 is 1.89 bits per heavy atom. The van der Waals surface area contributed by atoms with Gasteiger partial charge in [-0.25, -0.2) is 0 Å². The third kappa shape index (κ3) is 4.33. The molecule has 0 unspecified atom stereocenters. The standard InChI is InChI=1S/C11H21N5O2/c1-6(2)8(5-17)13-10-14-9(12)15-11(16-10)18-7(3)4/h6-8,17H,5H2,1-4H3,(H3,12,13,14,15,16)/t8-/m1/s1. The summed E-state index contributed by atoms with van der Waals surface area (Å²) in [6, 6.07) is 0.0409. The average molecular weight is 255 g/mol. The molecule has 1 heterocycles. The van der Waals surface area contributed by atoms with Crippen molar-refractivity contribution in [3.63, 3.8) is 0 Å². The van der Waals surface area contributed by atoms with Crippen LogP contribution >= 0.6 is 0 Å². The first-order valence-corrected chi connectivity index (χ1v) is 5.98. The molecule has 1 aromatic heterocycles. The first-order valence-electron chi connectivity index (χ1n) is 5.98. The van der Waals surface area contributed by atoms with Crippen LogP contribution in [0.25, 0.3) is 0 Å². The Kier molecular flexibility index (Phi) is 5.08. The van der Waals surface area contributed by atoms with Gasteiger partial charge in [0.2, 0.25) is 11.9 Å². The van der Waals surface area contributed by atoms with Gasteiger partial charge in [0.05, 0.1) is 18.8 Å². The van der Waals surface area contributed by atoms with Crippen molar-refractivity contribution in [2.24, 2.45) is 5.92 Å². The Balaban J connectivity index is 2.85. The minimum absolute atomic E-state index is 0.0103. The highest BCUT2D eigenvalue weighted by Crippen LogP contribution is 2.13. The molecule has 1 rings (SSSR count).